The number of methoxy groups -OCH3 is 3. The van der Waals surface area contributed by atoms with Gasteiger partial charge in [0.05, 0.1) is 21.3 Å². The topological polar surface area (TPSA) is 88.5 Å². The Bertz CT molecular complexity index is 787. The fraction of sp³-hybridized carbons (Fsp3) is 0.579. The molecule has 1 aliphatic heterocycles. The maximum Gasteiger partial charge on any atom is 0.426 e. The number of nitrogens with zero attached hydrogens (tertiary/aromatic N) is 2. The number of amides is 2. The van der Waals surface area contributed by atoms with Crippen LogP contribution >= 0.6 is 0 Å². The van der Waals surface area contributed by atoms with Gasteiger partial charge < -0.3 is 29.1 Å². The Hall–Kier alpha value is -2.69. The Morgan fingerprint density at radius 2 is 1.60 bits per heavy atom. The molecule has 0 saturated carbocycles. The van der Waals surface area contributed by atoms with Gasteiger partial charge >= 0.3 is 6.18 Å². The molecule has 2 atom stereocenters. The minimum Gasteiger partial charge on any atom is -0.493 e. The highest BCUT2D eigenvalue weighted by Crippen LogP contribution is 2.39. The van der Waals surface area contributed by atoms with E-state index >= 15 is 0 Å². The first-order valence-electron chi connectivity index (χ1n) is 9.08. The van der Waals surface area contributed by atoms with Crippen molar-refractivity contribution < 1.29 is 42.1 Å². The largest absolute Gasteiger partial charge is 0.493 e. The van der Waals surface area contributed by atoms with Crippen LogP contribution in [0.1, 0.15) is 24.2 Å². The van der Waals surface area contributed by atoms with Crippen LogP contribution in [0.5, 0.6) is 17.2 Å². The van der Waals surface area contributed by atoms with Gasteiger partial charge in [-0.25, -0.2) is 0 Å². The zero-order chi connectivity index (χ0) is 22.9. The van der Waals surface area contributed by atoms with Gasteiger partial charge in [0.1, 0.15) is 0 Å². The molecule has 30 heavy (non-hydrogen) atoms. The molecule has 0 bridgehead atoms. The molecule has 1 saturated heterocycles. The van der Waals surface area contributed by atoms with Crippen LogP contribution in [0.25, 0.3) is 0 Å². The van der Waals surface area contributed by atoms with Crippen molar-refractivity contribution in [2.24, 2.45) is 0 Å². The number of rotatable bonds is 5. The van der Waals surface area contributed by atoms with Crippen LogP contribution in [0.15, 0.2) is 12.1 Å². The summed E-state index contributed by atoms with van der Waals surface area (Å²) < 4.78 is 54.6. The fourth-order valence-electron chi connectivity index (χ4n) is 3.24. The number of aliphatic hydroxyl groups is 1. The number of carbonyl (C=O) groups excluding carboxylic acids is 2. The van der Waals surface area contributed by atoms with Crippen LogP contribution < -0.4 is 14.2 Å². The van der Waals surface area contributed by atoms with Gasteiger partial charge in [0.25, 0.3) is 11.8 Å². The normalized spacial score (nSPS) is 19.2. The molecular weight excluding hydrogens is 409 g/mol. The molecule has 168 valence electrons. The molecule has 2 rings (SSSR count). The molecule has 1 aromatic rings. The minimum atomic E-state index is -5.10. The highest BCUT2D eigenvalue weighted by atomic mass is 19.4. The van der Waals surface area contributed by atoms with Crippen molar-refractivity contribution in [1.29, 1.82) is 0 Å². The average Bonchev–Trinajstić information content (AvgIpc) is 2.70. The Labute approximate surface area is 172 Å². The van der Waals surface area contributed by atoms with Gasteiger partial charge in [-0.1, -0.05) is 0 Å². The van der Waals surface area contributed by atoms with E-state index in [0.29, 0.717) is 12.7 Å². The number of benzene rings is 1. The quantitative estimate of drug-likeness (QED) is 0.759. The van der Waals surface area contributed by atoms with E-state index < -0.39 is 29.6 Å². The monoisotopic (exact) mass is 434 g/mol. The molecule has 0 spiro atoms. The maximum absolute atomic E-state index is 13.0. The smallest absolute Gasteiger partial charge is 0.426 e. The lowest BCUT2D eigenvalue weighted by molar-refractivity contribution is -0.250. The highest BCUT2D eigenvalue weighted by Gasteiger charge is 2.57. The minimum absolute atomic E-state index is 0.00363. The van der Waals surface area contributed by atoms with Gasteiger partial charge in [-0.05, 0) is 26.0 Å². The summed E-state index contributed by atoms with van der Waals surface area (Å²) in [5.74, 6) is -0.974. The summed E-state index contributed by atoms with van der Waals surface area (Å²) in [5, 5.41) is 9.64. The second-order valence-corrected chi connectivity index (χ2v) is 7.08. The summed E-state index contributed by atoms with van der Waals surface area (Å²) in [7, 11) is 4.24. The van der Waals surface area contributed by atoms with Crippen molar-refractivity contribution in [3.8, 4) is 17.2 Å². The van der Waals surface area contributed by atoms with E-state index in [1.54, 1.807) is 6.92 Å². The molecular formula is C19H25F3N2O6. The fourth-order valence-corrected chi connectivity index (χ4v) is 3.24. The summed E-state index contributed by atoms with van der Waals surface area (Å²) in [6.45, 7) is 1.73. The molecule has 0 radical (unpaired) electrons. The zero-order valence-electron chi connectivity index (χ0n) is 17.4. The van der Waals surface area contributed by atoms with Gasteiger partial charge in [0.2, 0.25) is 11.4 Å². The number of halogens is 3. The predicted molar refractivity (Wildman–Crippen MR) is 99.9 cm³/mol. The van der Waals surface area contributed by atoms with E-state index in [-0.39, 0.29) is 36.7 Å². The molecule has 8 nitrogen and oxygen atoms in total. The third kappa shape index (κ3) is 4.25. The zero-order valence-corrected chi connectivity index (χ0v) is 17.4. The average molecular weight is 434 g/mol. The van der Waals surface area contributed by atoms with E-state index in [1.165, 1.54) is 38.4 Å². The van der Waals surface area contributed by atoms with Gasteiger partial charge in [-0.15, -0.1) is 0 Å². The van der Waals surface area contributed by atoms with E-state index in [9.17, 15) is 27.9 Å². The lowest BCUT2D eigenvalue weighted by Crippen LogP contribution is -2.62. The first-order chi connectivity index (χ1) is 13.9. The Kier molecular flexibility index (Phi) is 6.75. The van der Waals surface area contributed by atoms with E-state index in [0.717, 1.165) is 4.90 Å². The van der Waals surface area contributed by atoms with Crippen LogP contribution in [0.4, 0.5) is 13.2 Å². The summed E-state index contributed by atoms with van der Waals surface area (Å²) in [6.07, 6.45) is -5.10. The number of hydrogen-bond donors (Lipinski definition) is 1. The molecule has 0 unspecified atom stereocenters. The highest BCUT2D eigenvalue weighted by molar-refractivity contribution is 5.96. The lowest BCUT2D eigenvalue weighted by atomic mass is 10.0. The van der Waals surface area contributed by atoms with Crippen molar-refractivity contribution in [2.45, 2.75) is 31.7 Å². The molecule has 2 amide bonds. The van der Waals surface area contributed by atoms with E-state index in [2.05, 4.69) is 0 Å². The Morgan fingerprint density at radius 1 is 1.07 bits per heavy atom. The molecule has 1 aliphatic rings. The van der Waals surface area contributed by atoms with Crippen molar-refractivity contribution in [2.75, 3.05) is 41.0 Å². The summed E-state index contributed by atoms with van der Waals surface area (Å²) in [4.78, 5) is 27.6. The number of hydrogen-bond acceptors (Lipinski definition) is 6. The summed E-state index contributed by atoms with van der Waals surface area (Å²) >= 11 is 0. The van der Waals surface area contributed by atoms with Gasteiger partial charge in [0, 0.05) is 31.2 Å². The predicted octanol–water partition coefficient (Wildman–Crippen LogP) is 1.70. The molecule has 1 heterocycles. The van der Waals surface area contributed by atoms with Gasteiger partial charge in [0.15, 0.2) is 11.5 Å². The number of ether oxygens (including phenoxy) is 3. The molecule has 1 N–H and O–H groups in total. The van der Waals surface area contributed by atoms with Crippen LogP contribution in [0, 0.1) is 0 Å². The first-order valence-corrected chi connectivity index (χ1v) is 9.08. The van der Waals surface area contributed by atoms with Crippen LogP contribution in [-0.4, -0.2) is 85.5 Å². The molecule has 1 aromatic carbocycles. The molecule has 0 aromatic heterocycles. The third-order valence-corrected chi connectivity index (χ3v) is 5.06. The Balaban J connectivity index is 2.22. The van der Waals surface area contributed by atoms with Crippen molar-refractivity contribution in [3.63, 3.8) is 0 Å². The number of piperazine rings is 1. The van der Waals surface area contributed by atoms with Crippen LogP contribution in [0.2, 0.25) is 0 Å². The second kappa shape index (κ2) is 8.58. The molecule has 1 fully saturated rings. The molecule has 11 heteroatoms. The van der Waals surface area contributed by atoms with Crippen LogP contribution in [-0.2, 0) is 4.79 Å². The number of alkyl halides is 3. The van der Waals surface area contributed by atoms with E-state index in [1.807, 2.05) is 0 Å². The Morgan fingerprint density at radius 3 is 2.00 bits per heavy atom. The first kappa shape index (κ1) is 23.6. The second-order valence-electron chi connectivity index (χ2n) is 7.08. The summed E-state index contributed by atoms with van der Waals surface area (Å²) in [5.41, 5.74) is -3.26. The van der Waals surface area contributed by atoms with Crippen LogP contribution in [0.3, 0.4) is 0 Å². The van der Waals surface area contributed by atoms with E-state index in [4.69, 9.17) is 14.2 Å². The van der Waals surface area contributed by atoms with Crippen molar-refractivity contribution >= 4 is 11.8 Å². The third-order valence-electron chi connectivity index (χ3n) is 5.06. The number of carbonyl (C=O) groups is 2. The van der Waals surface area contributed by atoms with Gasteiger partial charge in [-0.3, -0.25) is 9.59 Å². The summed E-state index contributed by atoms with van der Waals surface area (Å²) in [6, 6.07) is 2.36. The SMILES string of the molecule is COc1cc(C(=O)N2CCN(C(=O)[C@@](C)(O)C(F)(F)F)C[C@H]2C)cc(OC)c1OC. The van der Waals surface area contributed by atoms with Gasteiger partial charge in [-0.2, -0.15) is 13.2 Å². The lowest BCUT2D eigenvalue weighted by Gasteiger charge is -2.42. The standard InChI is InChI=1S/C19H25F3N2O6/c1-11-10-23(17(26)18(2,27)19(20,21)22)6-7-24(11)16(25)12-8-13(28-3)15(30-5)14(9-12)29-4/h8-9,11,27H,6-7,10H2,1-5H3/t11-,18-/m1/s1. The van der Waals surface area contributed by atoms with Crippen molar-refractivity contribution in [1.82, 2.24) is 9.80 Å². The molecule has 0 aliphatic carbocycles. The maximum atomic E-state index is 13.0. The van der Waals surface area contributed by atoms with Crippen molar-refractivity contribution in [3.05, 3.63) is 17.7 Å².